The number of aliphatic hydroxyl groups is 1. The fraction of sp³-hybridized carbons (Fsp3) is 0.524. The van der Waals surface area contributed by atoms with Gasteiger partial charge in [-0.05, 0) is 50.8 Å². The Hall–Kier alpha value is -1.46. The molecule has 0 amide bonds. The molecule has 0 heterocycles. The molecule has 4 heteroatoms. The normalized spacial score (nSPS) is 18.8. The summed E-state index contributed by atoms with van der Waals surface area (Å²) in [7, 11) is 0. The lowest BCUT2D eigenvalue weighted by atomic mass is 9.75. The van der Waals surface area contributed by atoms with Gasteiger partial charge in [0, 0.05) is 11.5 Å². The SMILES string of the molecule is CC(C)N([O-])OC(C)(C)c1ccc(C(C)(C)C2=CCC(O)C=C2)cc1. The van der Waals surface area contributed by atoms with Crippen molar-refractivity contribution in [2.45, 2.75) is 71.1 Å². The summed E-state index contributed by atoms with van der Waals surface area (Å²) in [5.41, 5.74) is 2.50. The van der Waals surface area contributed by atoms with E-state index < -0.39 is 5.60 Å². The number of aliphatic hydroxyl groups excluding tert-OH is 1. The Morgan fingerprint density at radius 2 is 1.68 bits per heavy atom. The Balaban J connectivity index is 2.20. The highest BCUT2D eigenvalue weighted by molar-refractivity contribution is 5.43. The van der Waals surface area contributed by atoms with Crippen LogP contribution in [0.25, 0.3) is 0 Å². The third kappa shape index (κ3) is 4.59. The second kappa shape index (κ2) is 7.42. The Morgan fingerprint density at radius 1 is 1.12 bits per heavy atom. The second-order valence-electron chi connectivity index (χ2n) is 8.00. The van der Waals surface area contributed by atoms with Crippen molar-refractivity contribution in [1.82, 2.24) is 5.23 Å². The van der Waals surface area contributed by atoms with E-state index in [4.69, 9.17) is 4.84 Å². The fourth-order valence-corrected chi connectivity index (χ4v) is 2.91. The Bertz CT molecular complexity index is 642. The largest absolute Gasteiger partial charge is 0.762 e. The van der Waals surface area contributed by atoms with Crippen molar-refractivity contribution in [2.75, 3.05) is 0 Å². The molecule has 1 aliphatic carbocycles. The van der Waals surface area contributed by atoms with Gasteiger partial charge in [0.1, 0.15) is 5.60 Å². The van der Waals surface area contributed by atoms with Crippen LogP contribution in [0.2, 0.25) is 0 Å². The second-order valence-corrected chi connectivity index (χ2v) is 8.00. The van der Waals surface area contributed by atoms with Gasteiger partial charge in [-0.2, -0.15) is 0 Å². The van der Waals surface area contributed by atoms with Gasteiger partial charge in [-0.15, -0.1) is 0 Å². The van der Waals surface area contributed by atoms with E-state index in [9.17, 15) is 10.3 Å². The first-order valence-corrected chi connectivity index (χ1v) is 8.87. The van der Waals surface area contributed by atoms with Crippen LogP contribution < -0.4 is 0 Å². The number of allylic oxidation sites excluding steroid dienone is 2. The molecule has 1 aromatic carbocycles. The molecule has 138 valence electrons. The van der Waals surface area contributed by atoms with Crippen molar-refractivity contribution in [3.63, 3.8) is 0 Å². The van der Waals surface area contributed by atoms with Crippen molar-refractivity contribution >= 4 is 0 Å². The Labute approximate surface area is 151 Å². The average Bonchev–Trinajstić information content (AvgIpc) is 2.55. The van der Waals surface area contributed by atoms with Gasteiger partial charge in [0.2, 0.25) is 0 Å². The van der Waals surface area contributed by atoms with Gasteiger partial charge in [0.25, 0.3) is 0 Å². The van der Waals surface area contributed by atoms with E-state index in [-0.39, 0.29) is 17.6 Å². The molecule has 1 aliphatic rings. The number of hydrogen-bond donors (Lipinski definition) is 1. The van der Waals surface area contributed by atoms with Crippen LogP contribution in [0.5, 0.6) is 0 Å². The van der Waals surface area contributed by atoms with E-state index in [0.29, 0.717) is 11.6 Å². The first-order chi connectivity index (χ1) is 11.5. The molecule has 2 rings (SSSR count). The number of nitrogens with zero attached hydrogens (tertiary/aromatic N) is 1. The van der Waals surface area contributed by atoms with Crippen LogP contribution in [0.15, 0.2) is 48.1 Å². The van der Waals surface area contributed by atoms with E-state index in [1.54, 1.807) is 13.8 Å². The van der Waals surface area contributed by atoms with Crippen molar-refractivity contribution in [3.05, 3.63) is 64.4 Å². The molecule has 0 fully saturated rings. The molecule has 0 bridgehead atoms. The summed E-state index contributed by atoms with van der Waals surface area (Å²) in [6.07, 6.45) is 6.23. The van der Waals surface area contributed by atoms with E-state index in [1.807, 2.05) is 38.1 Å². The molecular formula is C21H30NO3-. The van der Waals surface area contributed by atoms with Gasteiger partial charge in [-0.1, -0.05) is 56.3 Å². The van der Waals surface area contributed by atoms with Crippen molar-refractivity contribution in [1.29, 1.82) is 0 Å². The lowest BCUT2D eigenvalue weighted by molar-refractivity contribution is -0.226. The number of rotatable bonds is 6. The van der Waals surface area contributed by atoms with Crippen LogP contribution in [-0.2, 0) is 15.9 Å². The predicted octanol–water partition coefficient (Wildman–Crippen LogP) is 4.59. The quantitative estimate of drug-likeness (QED) is 0.767. The molecule has 1 N–H and O–H groups in total. The van der Waals surface area contributed by atoms with Crippen molar-refractivity contribution in [3.8, 4) is 0 Å². The minimum Gasteiger partial charge on any atom is -0.762 e. The maximum absolute atomic E-state index is 11.8. The van der Waals surface area contributed by atoms with Crippen molar-refractivity contribution < 1.29 is 9.94 Å². The van der Waals surface area contributed by atoms with E-state index >= 15 is 0 Å². The summed E-state index contributed by atoms with van der Waals surface area (Å²) in [4.78, 5) is 5.57. The maximum atomic E-state index is 11.8. The molecule has 0 radical (unpaired) electrons. The van der Waals surface area contributed by atoms with E-state index in [0.717, 1.165) is 5.56 Å². The zero-order valence-electron chi connectivity index (χ0n) is 16.1. The molecule has 25 heavy (non-hydrogen) atoms. The third-order valence-corrected chi connectivity index (χ3v) is 4.84. The highest BCUT2D eigenvalue weighted by Gasteiger charge is 2.28. The highest BCUT2D eigenvalue weighted by Crippen LogP contribution is 2.36. The smallest absolute Gasteiger partial charge is 0.108 e. The standard InChI is InChI=1S/C21H30NO3/c1-15(2)22(24)25-21(5,6)18-9-7-16(8-10-18)20(3,4)17-11-13-19(23)14-12-17/h7-13,15,19,23H,14H2,1-6H3/q-1. The van der Waals surface area contributed by atoms with Crippen LogP contribution in [0.4, 0.5) is 0 Å². The summed E-state index contributed by atoms with van der Waals surface area (Å²) in [6, 6.07) is 7.99. The maximum Gasteiger partial charge on any atom is 0.108 e. The fourth-order valence-electron chi connectivity index (χ4n) is 2.91. The third-order valence-electron chi connectivity index (χ3n) is 4.84. The van der Waals surface area contributed by atoms with Crippen LogP contribution in [0.3, 0.4) is 0 Å². The number of benzene rings is 1. The number of hydrogen-bond acceptors (Lipinski definition) is 4. The summed E-state index contributed by atoms with van der Waals surface area (Å²) in [6.45, 7) is 11.8. The molecule has 1 atom stereocenters. The highest BCUT2D eigenvalue weighted by atomic mass is 16.9. The molecule has 4 nitrogen and oxygen atoms in total. The molecule has 0 saturated heterocycles. The minimum absolute atomic E-state index is 0.150. The van der Waals surface area contributed by atoms with Gasteiger partial charge >= 0.3 is 0 Å². The lowest BCUT2D eigenvalue weighted by Crippen LogP contribution is -2.34. The molecule has 0 saturated carbocycles. The molecule has 0 aliphatic heterocycles. The Morgan fingerprint density at radius 3 is 2.16 bits per heavy atom. The van der Waals surface area contributed by atoms with Gasteiger partial charge in [-0.25, -0.2) is 0 Å². The van der Waals surface area contributed by atoms with Crippen LogP contribution in [-0.4, -0.2) is 22.5 Å². The summed E-state index contributed by atoms with van der Waals surface area (Å²) >= 11 is 0. The summed E-state index contributed by atoms with van der Waals surface area (Å²) in [5.74, 6) is 0. The van der Waals surface area contributed by atoms with Crippen LogP contribution >= 0.6 is 0 Å². The van der Waals surface area contributed by atoms with E-state index in [2.05, 4.69) is 32.1 Å². The first-order valence-electron chi connectivity index (χ1n) is 8.87. The van der Waals surface area contributed by atoms with Gasteiger partial charge < -0.3 is 15.2 Å². The van der Waals surface area contributed by atoms with Gasteiger partial charge in [-0.3, -0.25) is 5.23 Å². The zero-order valence-corrected chi connectivity index (χ0v) is 16.1. The minimum atomic E-state index is -0.692. The summed E-state index contributed by atoms with van der Waals surface area (Å²) in [5, 5.41) is 22.1. The number of hydroxylamine groups is 2. The van der Waals surface area contributed by atoms with Crippen LogP contribution in [0, 0.1) is 5.21 Å². The molecule has 0 spiro atoms. The van der Waals surface area contributed by atoms with Gasteiger partial charge in [0.05, 0.1) is 6.10 Å². The molecule has 1 unspecified atom stereocenters. The monoisotopic (exact) mass is 344 g/mol. The van der Waals surface area contributed by atoms with Gasteiger partial charge in [0.15, 0.2) is 0 Å². The average molecular weight is 344 g/mol. The topological polar surface area (TPSA) is 55.8 Å². The lowest BCUT2D eigenvalue weighted by Gasteiger charge is -2.39. The molecule has 1 aromatic rings. The summed E-state index contributed by atoms with van der Waals surface area (Å²) < 4.78 is 0. The molecular weight excluding hydrogens is 314 g/mol. The Kier molecular flexibility index (Phi) is 5.89. The zero-order chi connectivity index (χ0) is 18.8. The molecule has 0 aromatic heterocycles. The first kappa shape index (κ1) is 19.9. The van der Waals surface area contributed by atoms with E-state index in [1.165, 1.54) is 11.1 Å². The predicted molar refractivity (Wildman–Crippen MR) is 102 cm³/mol. The van der Waals surface area contributed by atoms with Crippen molar-refractivity contribution in [2.24, 2.45) is 0 Å². The van der Waals surface area contributed by atoms with Crippen LogP contribution in [0.1, 0.15) is 59.1 Å².